The molecule has 2 nitrogen and oxygen atoms in total. The van der Waals surface area contributed by atoms with Gasteiger partial charge in [0, 0.05) is 17.6 Å². The van der Waals surface area contributed by atoms with E-state index in [2.05, 4.69) is 33.4 Å². The molecule has 1 aliphatic carbocycles. The first kappa shape index (κ1) is 14.9. The van der Waals surface area contributed by atoms with Crippen molar-refractivity contribution in [3.05, 3.63) is 63.1 Å². The molecule has 3 rings (SSSR count). The molecule has 1 fully saturated rings. The Balaban J connectivity index is 1.58. The Morgan fingerprint density at radius 3 is 2.48 bits per heavy atom. The number of hydrogen-bond donors (Lipinski definition) is 1. The Bertz CT molecular complexity index is 611. The van der Waals surface area contributed by atoms with Gasteiger partial charge in [0.25, 0.3) is 0 Å². The molecule has 1 N–H and O–H groups in total. The zero-order valence-corrected chi connectivity index (χ0v) is 14.0. The maximum atomic E-state index is 5.87. The third kappa shape index (κ3) is 4.47. The van der Waals surface area contributed by atoms with E-state index in [0.29, 0.717) is 6.61 Å². The maximum absolute atomic E-state index is 5.87. The van der Waals surface area contributed by atoms with E-state index < -0.39 is 0 Å². The summed E-state index contributed by atoms with van der Waals surface area (Å²) in [5, 5.41) is 4.25. The standard InChI is InChI=1S/C17H17BrClNO/c18-16-9-13(10-20-15-6-7-15)3-8-17(16)21-11-12-1-4-14(19)5-2-12/h1-5,8-9,15,20H,6-7,10-11H2. The third-order valence-corrected chi connectivity index (χ3v) is 4.35. The van der Waals surface area contributed by atoms with Crippen molar-refractivity contribution in [2.24, 2.45) is 0 Å². The van der Waals surface area contributed by atoms with Crippen molar-refractivity contribution in [3.63, 3.8) is 0 Å². The number of benzene rings is 2. The van der Waals surface area contributed by atoms with Crippen molar-refractivity contribution in [3.8, 4) is 5.75 Å². The molecule has 0 radical (unpaired) electrons. The summed E-state index contributed by atoms with van der Waals surface area (Å²) in [4.78, 5) is 0. The van der Waals surface area contributed by atoms with Crippen LogP contribution < -0.4 is 10.1 Å². The second kappa shape index (κ2) is 6.82. The lowest BCUT2D eigenvalue weighted by molar-refractivity contribution is 0.304. The summed E-state index contributed by atoms with van der Waals surface area (Å²) in [6, 6.07) is 14.7. The number of rotatable bonds is 6. The highest BCUT2D eigenvalue weighted by Gasteiger charge is 2.19. The van der Waals surface area contributed by atoms with E-state index in [9.17, 15) is 0 Å². The highest BCUT2D eigenvalue weighted by Crippen LogP contribution is 2.27. The average Bonchev–Trinajstić information content (AvgIpc) is 3.30. The monoisotopic (exact) mass is 365 g/mol. The molecule has 0 aliphatic heterocycles. The maximum Gasteiger partial charge on any atom is 0.134 e. The Hall–Kier alpha value is -1.03. The second-order valence-corrected chi connectivity index (χ2v) is 6.63. The van der Waals surface area contributed by atoms with Gasteiger partial charge in [-0.2, -0.15) is 0 Å². The first-order chi connectivity index (χ1) is 10.2. The van der Waals surface area contributed by atoms with Crippen molar-refractivity contribution in [1.29, 1.82) is 0 Å². The summed E-state index contributed by atoms with van der Waals surface area (Å²) in [5.74, 6) is 0.861. The molecule has 0 heterocycles. The summed E-state index contributed by atoms with van der Waals surface area (Å²) in [6.07, 6.45) is 2.62. The number of ether oxygens (including phenoxy) is 1. The fraction of sp³-hybridized carbons (Fsp3) is 0.294. The zero-order valence-electron chi connectivity index (χ0n) is 11.6. The highest BCUT2D eigenvalue weighted by molar-refractivity contribution is 9.10. The van der Waals surface area contributed by atoms with Gasteiger partial charge in [0.1, 0.15) is 12.4 Å². The minimum Gasteiger partial charge on any atom is -0.488 e. The van der Waals surface area contributed by atoms with Crippen LogP contribution in [0.5, 0.6) is 5.75 Å². The van der Waals surface area contributed by atoms with Crippen molar-refractivity contribution in [2.45, 2.75) is 32.0 Å². The minimum absolute atomic E-state index is 0.537. The van der Waals surface area contributed by atoms with Crippen LogP contribution in [0.1, 0.15) is 24.0 Å². The molecule has 0 spiro atoms. The first-order valence-corrected chi connectivity index (χ1v) is 8.27. The predicted molar refractivity (Wildman–Crippen MR) is 89.8 cm³/mol. The Kier molecular flexibility index (Phi) is 4.84. The van der Waals surface area contributed by atoms with E-state index in [4.69, 9.17) is 16.3 Å². The lowest BCUT2D eigenvalue weighted by Crippen LogP contribution is -2.15. The molecule has 21 heavy (non-hydrogen) atoms. The number of halogens is 2. The van der Waals surface area contributed by atoms with Crippen LogP contribution in [-0.4, -0.2) is 6.04 Å². The fourth-order valence-electron chi connectivity index (χ4n) is 2.06. The average molecular weight is 367 g/mol. The molecule has 110 valence electrons. The lowest BCUT2D eigenvalue weighted by atomic mass is 10.2. The molecule has 0 bridgehead atoms. The normalized spacial score (nSPS) is 14.2. The number of nitrogens with one attached hydrogen (secondary N) is 1. The number of hydrogen-bond acceptors (Lipinski definition) is 2. The summed E-state index contributed by atoms with van der Waals surface area (Å²) in [6.45, 7) is 1.45. The van der Waals surface area contributed by atoms with Crippen LogP contribution in [-0.2, 0) is 13.2 Å². The van der Waals surface area contributed by atoms with Crippen LogP contribution in [0, 0.1) is 0 Å². The van der Waals surface area contributed by atoms with Gasteiger partial charge in [0.15, 0.2) is 0 Å². The molecule has 2 aromatic carbocycles. The molecular weight excluding hydrogens is 350 g/mol. The molecule has 0 unspecified atom stereocenters. The molecule has 1 saturated carbocycles. The van der Waals surface area contributed by atoms with E-state index in [-0.39, 0.29) is 0 Å². The van der Waals surface area contributed by atoms with Gasteiger partial charge in [-0.15, -0.1) is 0 Å². The lowest BCUT2D eigenvalue weighted by Gasteiger charge is -2.10. The summed E-state index contributed by atoms with van der Waals surface area (Å²) in [7, 11) is 0. The fourth-order valence-corrected chi connectivity index (χ4v) is 2.73. The molecule has 0 amide bonds. The third-order valence-electron chi connectivity index (χ3n) is 3.48. The smallest absolute Gasteiger partial charge is 0.134 e. The van der Waals surface area contributed by atoms with E-state index in [1.165, 1.54) is 18.4 Å². The Morgan fingerprint density at radius 1 is 1.10 bits per heavy atom. The van der Waals surface area contributed by atoms with Gasteiger partial charge < -0.3 is 10.1 Å². The predicted octanol–water partition coefficient (Wildman–Crippen LogP) is 4.93. The first-order valence-electron chi connectivity index (χ1n) is 7.10. The molecule has 1 aliphatic rings. The molecule has 4 heteroatoms. The van der Waals surface area contributed by atoms with Crippen LogP contribution >= 0.6 is 27.5 Å². The van der Waals surface area contributed by atoms with E-state index >= 15 is 0 Å². The van der Waals surface area contributed by atoms with Crippen molar-refractivity contribution in [1.82, 2.24) is 5.32 Å². The van der Waals surface area contributed by atoms with Crippen molar-refractivity contribution in [2.75, 3.05) is 0 Å². The molecule has 0 aromatic heterocycles. The van der Waals surface area contributed by atoms with Gasteiger partial charge in [-0.05, 0) is 64.2 Å². The van der Waals surface area contributed by atoms with Crippen LogP contribution in [0.2, 0.25) is 5.02 Å². The summed E-state index contributed by atoms with van der Waals surface area (Å²) < 4.78 is 6.84. The van der Waals surface area contributed by atoms with E-state index in [1.807, 2.05) is 30.3 Å². The second-order valence-electron chi connectivity index (χ2n) is 5.34. The largest absolute Gasteiger partial charge is 0.488 e. The minimum atomic E-state index is 0.537. The van der Waals surface area contributed by atoms with Crippen LogP contribution in [0.15, 0.2) is 46.9 Å². The molecule has 2 aromatic rings. The van der Waals surface area contributed by atoms with Crippen LogP contribution in [0.4, 0.5) is 0 Å². The van der Waals surface area contributed by atoms with Gasteiger partial charge in [-0.1, -0.05) is 29.8 Å². The van der Waals surface area contributed by atoms with Gasteiger partial charge >= 0.3 is 0 Å². The van der Waals surface area contributed by atoms with Gasteiger partial charge in [0.05, 0.1) is 4.47 Å². The topological polar surface area (TPSA) is 21.3 Å². The van der Waals surface area contributed by atoms with E-state index in [1.54, 1.807) is 0 Å². The van der Waals surface area contributed by atoms with Crippen LogP contribution in [0.3, 0.4) is 0 Å². The highest BCUT2D eigenvalue weighted by atomic mass is 79.9. The Labute approximate surface area is 138 Å². The molecular formula is C17H17BrClNO. The van der Waals surface area contributed by atoms with Crippen molar-refractivity contribution < 1.29 is 4.74 Å². The van der Waals surface area contributed by atoms with Crippen LogP contribution in [0.25, 0.3) is 0 Å². The van der Waals surface area contributed by atoms with Gasteiger partial charge in [0.2, 0.25) is 0 Å². The van der Waals surface area contributed by atoms with Crippen molar-refractivity contribution >= 4 is 27.5 Å². The SMILES string of the molecule is Clc1ccc(COc2ccc(CNC3CC3)cc2Br)cc1. The molecule has 0 saturated heterocycles. The zero-order chi connectivity index (χ0) is 14.7. The molecule has 0 atom stereocenters. The van der Waals surface area contributed by atoms with Gasteiger partial charge in [-0.3, -0.25) is 0 Å². The summed E-state index contributed by atoms with van der Waals surface area (Å²) in [5.41, 5.74) is 2.37. The van der Waals surface area contributed by atoms with E-state index in [0.717, 1.165) is 33.4 Å². The summed E-state index contributed by atoms with van der Waals surface area (Å²) >= 11 is 9.45. The van der Waals surface area contributed by atoms with Gasteiger partial charge in [-0.25, -0.2) is 0 Å². The Morgan fingerprint density at radius 2 is 1.81 bits per heavy atom. The quantitative estimate of drug-likeness (QED) is 0.782.